The van der Waals surface area contributed by atoms with Crippen molar-refractivity contribution >= 4 is 74.6 Å². The molecule has 3 rings (SSSR count). The minimum absolute atomic E-state index is 0.170. The number of hydrogen-bond donors (Lipinski definition) is 3. The van der Waals surface area contributed by atoms with Crippen molar-refractivity contribution < 1.29 is 4.79 Å². The van der Waals surface area contributed by atoms with E-state index in [0.717, 1.165) is 16.5 Å². The number of pyridine rings is 1. The number of para-hydroxylation sites is 1. The molecule has 0 spiro atoms. The summed E-state index contributed by atoms with van der Waals surface area (Å²) in [5, 5.41) is 9.68. The molecule has 29 heavy (non-hydrogen) atoms. The van der Waals surface area contributed by atoms with E-state index in [1.54, 1.807) is 24.4 Å². The number of aromatic nitrogens is 1. The summed E-state index contributed by atoms with van der Waals surface area (Å²) in [6.45, 7) is 1.89. The van der Waals surface area contributed by atoms with Crippen LogP contribution in [0.1, 0.15) is 15.9 Å². The van der Waals surface area contributed by atoms with Gasteiger partial charge < -0.3 is 16.0 Å². The van der Waals surface area contributed by atoms with Gasteiger partial charge in [0.15, 0.2) is 5.11 Å². The summed E-state index contributed by atoms with van der Waals surface area (Å²) in [6, 6.07) is 16.5. The molecule has 0 saturated carbocycles. The Morgan fingerprint density at radius 3 is 2.52 bits per heavy atom. The molecule has 0 unspecified atom stereocenters. The number of nitrogens with one attached hydrogen (secondary N) is 3. The number of amides is 1. The van der Waals surface area contributed by atoms with Gasteiger partial charge in [-0.25, -0.2) is 0 Å². The predicted octanol–water partition coefficient (Wildman–Crippen LogP) is 4.96. The lowest BCUT2D eigenvalue weighted by atomic mass is 10.1. The molecule has 0 saturated heterocycles. The molecule has 1 aromatic heterocycles. The smallest absolute Gasteiger partial charge is 0.252 e. The zero-order valence-corrected chi connectivity index (χ0v) is 18.3. The highest BCUT2D eigenvalue weighted by Gasteiger charge is 2.35. The molecular weight excluding hydrogens is 451 g/mol. The predicted molar refractivity (Wildman–Crippen MR) is 124 cm³/mol. The molecule has 1 amide bonds. The first-order chi connectivity index (χ1) is 13.7. The number of halogens is 3. The van der Waals surface area contributed by atoms with Crippen molar-refractivity contribution in [3.05, 3.63) is 71.9 Å². The average Bonchev–Trinajstić information content (AvgIpc) is 2.67. The van der Waals surface area contributed by atoms with Gasteiger partial charge in [-0.15, -0.1) is 0 Å². The average molecular weight is 468 g/mol. The van der Waals surface area contributed by atoms with Crippen LogP contribution in [0.25, 0.3) is 10.9 Å². The molecule has 3 aromatic rings. The van der Waals surface area contributed by atoms with Crippen molar-refractivity contribution in [2.45, 2.75) is 16.9 Å². The van der Waals surface area contributed by atoms with Crippen LogP contribution < -0.4 is 16.0 Å². The highest BCUT2D eigenvalue weighted by atomic mass is 35.6. The lowest BCUT2D eigenvalue weighted by Crippen LogP contribution is -2.56. The van der Waals surface area contributed by atoms with Crippen LogP contribution in [0.2, 0.25) is 0 Å². The first kappa shape index (κ1) is 21.6. The van der Waals surface area contributed by atoms with Crippen molar-refractivity contribution in [1.29, 1.82) is 0 Å². The Morgan fingerprint density at radius 2 is 1.79 bits per heavy atom. The lowest BCUT2D eigenvalue weighted by Gasteiger charge is -2.28. The van der Waals surface area contributed by atoms with E-state index in [-0.39, 0.29) is 5.11 Å². The summed E-state index contributed by atoms with van der Waals surface area (Å²) in [5.41, 5.74) is 2.82. The molecule has 0 fully saturated rings. The standard InChI is InChI=1S/C20H17Cl3N4OS/c1-12-5-2-7-14(11-12)17(28)26-18(20(21,22)23)27-19(29)25-15-9-3-6-13-8-4-10-24-16(13)15/h2-11,18H,1H3,(H,26,28)(H2,25,27,29)/t18-/m1/s1. The van der Waals surface area contributed by atoms with Crippen LogP contribution in [0.15, 0.2) is 60.8 Å². The molecule has 2 aromatic carbocycles. The number of benzene rings is 2. The third-order valence-corrected chi connectivity index (χ3v) is 4.91. The first-order valence-corrected chi connectivity index (χ1v) is 10.1. The zero-order valence-electron chi connectivity index (χ0n) is 15.2. The molecule has 0 aliphatic carbocycles. The normalized spacial score (nSPS) is 12.3. The molecule has 3 N–H and O–H groups in total. The highest BCUT2D eigenvalue weighted by Crippen LogP contribution is 2.29. The first-order valence-electron chi connectivity index (χ1n) is 8.59. The second kappa shape index (κ2) is 9.13. The molecule has 0 radical (unpaired) electrons. The Labute approximate surface area is 188 Å². The summed E-state index contributed by atoms with van der Waals surface area (Å²) < 4.78 is -1.85. The number of thiocarbonyl (C=S) groups is 1. The summed E-state index contributed by atoms with van der Waals surface area (Å²) in [4.78, 5) is 16.9. The highest BCUT2D eigenvalue weighted by molar-refractivity contribution is 7.80. The van der Waals surface area contributed by atoms with E-state index < -0.39 is 15.9 Å². The fourth-order valence-corrected chi connectivity index (χ4v) is 3.25. The van der Waals surface area contributed by atoms with Gasteiger partial charge in [0.2, 0.25) is 3.79 Å². The number of carbonyl (C=O) groups is 1. The van der Waals surface area contributed by atoms with Crippen LogP contribution in [0.3, 0.4) is 0 Å². The van der Waals surface area contributed by atoms with Gasteiger partial charge in [0.25, 0.3) is 5.91 Å². The van der Waals surface area contributed by atoms with Gasteiger partial charge in [0, 0.05) is 17.1 Å². The van der Waals surface area contributed by atoms with Crippen molar-refractivity contribution in [3.8, 4) is 0 Å². The monoisotopic (exact) mass is 466 g/mol. The van der Waals surface area contributed by atoms with Crippen LogP contribution in [0.5, 0.6) is 0 Å². The van der Waals surface area contributed by atoms with E-state index in [1.165, 1.54) is 0 Å². The molecular formula is C20H17Cl3N4OS. The second-order valence-corrected chi connectivity index (χ2v) is 9.07. The van der Waals surface area contributed by atoms with Gasteiger partial charge in [0.05, 0.1) is 11.2 Å². The van der Waals surface area contributed by atoms with Crippen LogP contribution >= 0.6 is 47.0 Å². The molecule has 150 valence electrons. The molecule has 5 nitrogen and oxygen atoms in total. The van der Waals surface area contributed by atoms with Gasteiger partial charge in [-0.3, -0.25) is 9.78 Å². The number of hydrogen-bond acceptors (Lipinski definition) is 3. The minimum atomic E-state index is -1.85. The van der Waals surface area contributed by atoms with Gasteiger partial charge in [-0.1, -0.05) is 70.7 Å². The van der Waals surface area contributed by atoms with Gasteiger partial charge >= 0.3 is 0 Å². The molecule has 0 aliphatic rings. The minimum Gasteiger partial charge on any atom is -0.339 e. The van der Waals surface area contributed by atoms with Crippen molar-refractivity contribution in [2.24, 2.45) is 0 Å². The van der Waals surface area contributed by atoms with E-state index in [4.69, 9.17) is 47.0 Å². The van der Waals surface area contributed by atoms with Crippen molar-refractivity contribution in [2.75, 3.05) is 5.32 Å². The number of aryl methyl sites for hydroxylation is 1. The Morgan fingerprint density at radius 1 is 1.07 bits per heavy atom. The SMILES string of the molecule is Cc1cccc(C(=O)N[C@H](NC(=S)Nc2cccc3cccnc23)C(Cl)(Cl)Cl)c1. The fourth-order valence-electron chi connectivity index (χ4n) is 2.70. The maximum atomic E-state index is 12.6. The second-order valence-electron chi connectivity index (χ2n) is 6.30. The largest absolute Gasteiger partial charge is 0.339 e. The Hall–Kier alpha value is -2.12. The quantitative estimate of drug-likeness (QED) is 0.288. The summed E-state index contributed by atoms with van der Waals surface area (Å²) in [6.07, 6.45) is 0.624. The zero-order chi connectivity index (χ0) is 21.0. The van der Waals surface area contributed by atoms with E-state index in [1.807, 2.05) is 43.3 Å². The topological polar surface area (TPSA) is 66.1 Å². The van der Waals surface area contributed by atoms with Crippen LogP contribution in [0, 0.1) is 6.92 Å². The molecule has 1 atom stereocenters. The number of fused-ring (bicyclic) bond motifs is 1. The molecule has 9 heteroatoms. The molecule has 0 bridgehead atoms. The number of rotatable bonds is 4. The van der Waals surface area contributed by atoms with Crippen LogP contribution in [-0.4, -0.2) is 26.0 Å². The third-order valence-electron chi connectivity index (χ3n) is 4.04. The molecule has 0 aliphatic heterocycles. The van der Waals surface area contributed by atoms with E-state index in [0.29, 0.717) is 11.3 Å². The van der Waals surface area contributed by atoms with E-state index >= 15 is 0 Å². The van der Waals surface area contributed by atoms with Crippen LogP contribution in [0.4, 0.5) is 5.69 Å². The van der Waals surface area contributed by atoms with Crippen LogP contribution in [-0.2, 0) is 0 Å². The summed E-state index contributed by atoms with van der Waals surface area (Å²) in [7, 11) is 0. The van der Waals surface area contributed by atoms with E-state index in [9.17, 15) is 4.79 Å². The molecule has 1 heterocycles. The Balaban J connectivity index is 1.74. The van der Waals surface area contributed by atoms with E-state index in [2.05, 4.69) is 20.9 Å². The Kier molecular flexibility index (Phi) is 6.80. The summed E-state index contributed by atoms with van der Waals surface area (Å²) in [5.74, 6) is -0.396. The van der Waals surface area contributed by atoms with Gasteiger partial charge in [-0.05, 0) is 43.4 Å². The number of anilines is 1. The summed E-state index contributed by atoms with van der Waals surface area (Å²) >= 11 is 23.5. The number of carbonyl (C=O) groups excluding carboxylic acids is 1. The van der Waals surface area contributed by atoms with Gasteiger partial charge in [-0.2, -0.15) is 0 Å². The lowest BCUT2D eigenvalue weighted by molar-refractivity contribution is 0.0934. The third kappa shape index (κ3) is 5.70. The number of nitrogens with zero attached hydrogens (tertiary/aromatic N) is 1. The maximum absolute atomic E-state index is 12.6. The maximum Gasteiger partial charge on any atom is 0.252 e. The van der Waals surface area contributed by atoms with Gasteiger partial charge in [0.1, 0.15) is 6.17 Å². The number of alkyl halides is 3. The van der Waals surface area contributed by atoms with Crippen molar-refractivity contribution in [3.63, 3.8) is 0 Å². The Bertz CT molecular complexity index is 1050. The fraction of sp³-hybridized carbons (Fsp3) is 0.150. The van der Waals surface area contributed by atoms with Crippen molar-refractivity contribution in [1.82, 2.24) is 15.6 Å².